The van der Waals surface area contributed by atoms with E-state index in [2.05, 4.69) is 27.3 Å². The monoisotopic (exact) mass is 377 g/mol. The summed E-state index contributed by atoms with van der Waals surface area (Å²) in [5.41, 5.74) is 2.24. The minimum atomic E-state index is -0.180. The van der Waals surface area contributed by atoms with Gasteiger partial charge >= 0.3 is 0 Å². The van der Waals surface area contributed by atoms with Gasteiger partial charge in [0, 0.05) is 29.8 Å². The number of piperidine rings is 1. The van der Waals surface area contributed by atoms with E-state index in [1.807, 2.05) is 30.3 Å². The van der Waals surface area contributed by atoms with Crippen LogP contribution in [-0.2, 0) is 0 Å². The molecule has 144 valence electrons. The molecule has 3 aromatic rings. The summed E-state index contributed by atoms with van der Waals surface area (Å²) < 4.78 is 1.31. The van der Waals surface area contributed by atoms with Crippen molar-refractivity contribution < 1.29 is 9.90 Å². The number of hydrogen-bond acceptors (Lipinski definition) is 5. The SMILES string of the molecule is CN1[C@@H]2CC[C@H]1C[C@@H](NC(=O)c1cnn3c(O)cc(-c4ccccc4)nc13)C2. The van der Waals surface area contributed by atoms with Crippen LogP contribution in [-0.4, -0.2) is 55.7 Å². The van der Waals surface area contributed by atoms with Crippen LogP contribution in [0.25, 0.3) is 16.9 Å². The Kier molecular flexibility index (Phi) is 4.05. The van der Waals surface area contributed by atoms with E-state index in [-0.39, 0.29) is 17.8 Å². The van der Waals surface area contributed by atoms with Gasteiger partial charge < -0.3 is 15.3 Å². The lowest BCUT2D eigenvalue weighted by molar-refractivity contribution is 0.0884. The number of nitrogens with zero attached hydrogens (tertiary/aromatic N) is 4. The molecule has 2 bridgehead atoms. The van der Waals surface area contributed by atoms with Gasteiger partial charge in [0.2, 0.25) is 5.88 Å². The van der Waals surface area contributed by atoms with Crippen molar-refractivity contribution in [2.75, 3.05) is 7.05 Å². The Bertz CT molecular complexity index is 1020. The van der Waals surface area contributed by atoms with Gasteiger partial charge in [0.05, 0.1) is 11.9 Å². The molecule has 0 radical (unpaired) electrons. The van der Waals surface area contributed by atoms with Gasteiger partial charge in [0.1, 0.15) is 5.56 Å². The molecule has 2 N–H and O–H groups in total. The summed E-state index contributed by atoms with van der Waals surface area (Å²) in [6, 6.07) is 12.4. The minimum Gasteiger partial charge on any atom is -0.493 e. The van der Waals surface area contributed by atoms with Crippen molar-refractivity contribution >= 4 is 11.6 Å². The molecule has 1 amide bonds. The summed E-state index contributed by atoms with van der Waals surface area (Å²) in [5.74, 6) is -0.221. The van der Waals surface area contributed by atoms with E-state index in [4.69, 9.17) is 0 Å². The second-order valence-electron chi connectivity index (χ2n) is 7.85. The average Bonchev–Trinajstić information content (AvgIpc) is 3.20. The zero-order chi connectivity index (χ0) is 19.3. The summed E-state index contributed by atoms with van der Waals surface area (Å²) in [4.78, 5) is 20.0. The van der Waals surface area contributed by atoms with E-state index in [1.165, 1.54) is 23.6 Å². The van der Waals surface area contributed by atoms with E-state index < -0.39 is 0 Å². The van der Waals surface area contributed by atoms with Crippen molar-refractivity contribution in [3.63, 3.8) is 0 Å². The maximum atomic E-state index is 13.0. The largest absolute Gasteiger partial charge is 0.493 e. The highest BCUT2D eigenvalue weighted by Gasteiger charge is 2.39. The van der Waals surface area contributed by atoms with E-state index in [0.717, 1.165) is 18.4 Å². The molecule has 2 fully saturated rings. The second kappa shape index (κ2) is 6.60. The summed E-state index contributed by atoms with van der Waals surface area (Å²) in [7, 11) is 2.18. The first kappa shape index (κ1) is 17.2. The fraction of sp³-hybridized carbons (Fsp3) is 0.381. The number of aromatic nitrogens is 3. The van der Waals surface area contributed by atoms with Gasteiger partial charge in [0.15, 0.2) is 5.65 Å². The fourth-order valence-corrected chi connectivity index (χ4v) is 4.66. The van der Waals surface area contributed by atoms with Gasteiger partial charge in [-0.2, -0.15) is 9.61 Å². The molecule has 1 aromatic carbocycles. The third-order valence-electron chi connectivity index (χ3n) is 6.20. The quantitative estimate of drug-likeness (QED) is 0.733. The Morgan fingerprint density at radius 1 is 1.18 bits per heavy atom. The van der Waals surface area contributed by atoms with Crippen molar-refractivity contribution in [1.29, 1.82) is 0 Å². The van der Waals surface area contributed by atoms with Crippen molar-refractivity contribution in [2.45, 2.75) is 43.8 Å². The van der Waals surface area contributed by atoms with Crippen LogP contribution in [0.5, 0.6) is 5.88 Å². The van der Waals surface area contributed by atoms with Crippen LogP contribution < -0.4 is 5.32 Å². The number of carbonyl (C=O) groups excluding carboxylic acids is 1. The Morgan fingerprint density at radius 2 is 1.89 bits per heavy atom. The van der Waals surface area contributed by atoms with Crippen LogP contribution >= 0.6 is 0 Å². The van der Waals surface area contributed by atoms with E-state index in [0.29, 0.717) is 29.0 Å². The van der Waals surface area contributed by atoms with Crippen LogP contribution in [0, 0.1) is 0 Å². The molecule has 0 saturated carbocycles. The number of benzene rings is 1. The molecule has 0 unspecified atom stereocenters. The summed E-state index contributed by atoms with van der Waals surface area (Å²) in [6.45, 7) is 0. The summed E-state index contributed by atoms with van der Waals surface area (Å²) in [6.07, 6.45) is 5.85. The number of carbonyl (C=O) groups is 1. The van der Waals surface area contributed by atoms with Crippen LogP contribution in [0.2, 0.25) is 0 Å². The number of nitrogens with one attached hydrogen (secondary N) is 1. The first-order valence-electron chi connectivity index (χ1n) is 9.76. The summed E-state index contributed by atoms with van der Waals surface area (Å²) in [5, 5.41) is 17.7. The molecule has 7 nitrogen and oxygen atoms in total. The van der Waals surface area contributed by atoms with Crippen LogP contribution in [0.15, 0.2) is 42.6 Å². The maximum Gasteiger partial charge on any atom is 0.256 e. The molecule has 4 heterocycles. The van der Waals surface area contributed by atoms with E-state index >= 15 is 0 Å². The van der Waals surface area contributed by atoms with Gasteiger partial charge in [-0.15, -0.1) is 0 Å². The Labute approximate surface area is 163 Å². The van der Waals surface area contributed by atoms with E-state index in [9.17, 15) is 9.90 Å². The van der Waals surface area contributed by atoms with Gasteiger partial charge in [-0.1, -0.05) is 30.3 Å². The molecular weight excluding hydrogens is 354 g/mol. The zero-order valence-electron chi connectivity index (χ0n) is 15.7. The number of aromatic hydroxyl groups is 1. The number of amides is 1. The van der Waals surface area contributed by atoms with Crippen LogP contribution in [0.4, 0.5) is 0 Å². The molecule has 28 heavy (non-hydrogen) atoms. The first-order valence-corrected chi connectivity index (χ1v) is 9.76. The van der Waals surface area contributed by atoms with Crippen LogP contribution in [0.3, 0.4) is 0 Å². The Morgan fingerprint density at radius 3 is 2.61 bits per heavy atom. The topological polar surface area (TPSA) is 82.8 Å². The second-order valence-corrected chi connectivity index (χ2v) is 7.85. The lowest BCUT2D eigenvalue weighted by Crippen LogP contribution is -2.48. The Balaban J connectivity index is 1.44. The minimum absolute atomic E-state index is 0.0414. The molecule has 2 aromatic heterocycles. The van der Waals surface area contributed by atoms with Gasteiger partial charge in [-0.25, -0.2) is 4.98 Å². The molecule has 0 spiro atoms. The van der Waals surface area contributed by atoms with Crippen molar-refractivity contribution in [3.8, 4) is 17.1 Å². The normalized spacial score (nSPS) is 24.5. The lowest BCUT2D eigenvalue weighted by atomic mass is 9.98. The highest BCUT2D eigenvalue weighted by Crippen LogP contribution is 2.34. The predicted molar refractivity (Wildman–Crippen MR) is 105 cm³/mol. The van der Waals surface area contributed by atoms with Crippen LogP contribution in [0.1, 0.15) is 36.0 Å². The molecule has 2 saturated heterocycles. The Hall–Kier alpha value is -2.93. The van der Waals surface area contributed by atoms with Gasteiger partial charge in [-0.05, 0) is 32.7 Å². The molecule has 3 atom stereocenters. The zero-order valence-corrected chi connectivity index (χ0v) is 15.7. The van der Waals surface area contributed by atoms with Crippen molar-refractivity contribution in [1.82, 2.24) is 24.8 Å². The van der Waals surface area contributed by atoms with Gasteiger partial charge in [-0.3, -0.25) is 4.79 Å². The smallest absolute Gasteiger partial charge is 0.256 e. The first-order chi connectivity index (χ1) is 13.6. The number of hydrogen-bond donors (Lipinski definition) is 2. The molecule has 0 aliphatic carbocycles. The predicted octanol–water partition coefficient (Wildman–Crippen LogP) is 2.46. The molecule has 5 rings (SSSR count). The molecule has 2 aliphatic rings. The molecular formula is C21H23N5O2. The standard InChI is InChI=1S/C21H23N5O2/c1-25-15-7-8-16(25)10-14(9-15)23-21(28)17-12-22-26-19(27)11-18(24-20(17)26)13-5-3-2-4-6-13/h2-6,11-12,14-16,27H,7-10H2,1H3,(H,23,28)/t14-,15+,16-. The highest BCUT2D eigenvalue weighted by atomic mass is 16.3. The summed E-state index contributed by atoms with van der Waals surface area (Å²) >= 11 is 0. The van der Waals surface area contributed by atoms with Crippen molar-refractivity contribution in [3.05, 3.63) is 48.2 Å². The number of fused-ring (bicyclic) bond motifs is 3. The third kappa shape index (κ3) is 2.82. The van der Waals surface area contributed by atoms with E-state index in [1.54, 1.807) is 6.07 Å². The molecule has 7 heteroatoms. The van der Waals surface area contributed by atoms with Gasteiger partial charge in [0.25, 0.3) is 5.91 Å². The highest BCUT2D eigenvalue weighted by molar-refractivity contribution is 6.00. The average molecular weight is 377 g/mol. The maximum absolute atomic E-state index is 13.0. The van der Waals surface area contributed by atoms with Crippen molar-refractivity contribution in [2.24, 2.45) is 0 Å². The molecule has 2 aliphatic heterocycles. The lowest BCUT2D eigenvalue weighted by Gasteiger charge is -2.36. The number of rotatable bonds is 3. The fourth-order valence-electron chi connectivity index (χ4n) is 4.66. The third-order valence-corrected chi connectivity index (χ3v) is 6.20.